The summed E-state index contributed by atoms with van der Waals surface area (Å²) < 4.78 is 0. The molecule has 0 spiro atoms. The van der Waals surface area contributed by atoms with Gasteiger partial charge in [-0.15, -0.1) is 0 Å². The Hall–Kier alpha value is -2.08. The summed E-state index contributed by atoms with van der Waals surface area (Å²) in [6, 6.07) is 6.81. The molecular weight excluding hydrogens is 330 g/mol. The lowest BCUT2D eigenvalue weighted by Gasteiger charge is -2.34. The van der Waals surface area contributed by atoms with Gasteiger partial charge < -0.3 is 15.5 Å². The molecule has 0 unspecified atom stereocenters. The average Bonchev–Trinajstić information content (AvgIpc) is 2.58. The van der Waals surface area contributed by atoms with Crippen LogP contribution in [-0.2, 0) is 20.8 Å². The summed E-state index contributed by atoms with van der Waals surface area (Å²) in [6.07, 6.45) is 1.79. The number of carbonyl (C=O) groups excluding carboxylic acids is 3. The van der Waals surface area contributed by atoms with E-state index in [-0.39, 0.29) is 24.1 Å². The maximum Gasteiger partial charge on any atom is 0.243 e. The minimum Gasteiger partial charge on any atom is -0.359 e. The minimum absolute atomic E-state index is 0.00867. The third-order valence-electron chi connectivity index (χ3n) is 4.08. The maximum atomic E-state index is 12.5. The Labute approximate surface area is 146 Å². The van der Waals surface area contributed by atoms with Crippen molar-refractivity contribution in [3.05, 3.63) is 34.9 Å². The molecule has 24 heavy (non-hydrogen) atoms. The summed E-state index contributed by atoms with van der Waals surface area (Å²) in [4.78, 5) is 37.6. The van der Waals surface area contributed by atoms with E-state index in [9.17, 15) is 14.4 Å². The SMILES string of the molecule is CNC(=O)C[C@@H]1C(=O)NCCN1C(=O)CCCc1ccc(Cl)cc1. The molecule has 0 aliphatic carbocycles. The highest BCUT2D eigenvalue weighted by Gasteiger charge is 2.33. The van der Waals surface area contributed by atoms with E-state index >= 15 is 0 Å². The Kier molecular flexibility index (Phi) is 6.61. The fourth-order valence-corrected chi connectivity index (χ4v) is 2.86. The van der Waals surface area contributed by atoms with Gasteiger partial charge in [0.05, 0.1) is 6.42 Å². The number of hydrogen-bond donors (Lipinski definition) is 2. The van der Waals surface area contributed by atoms with Crippen LogP contribution in [0.15, 0.2) is 24.3 Å². The second kappa shape index (κ2) is 8.68. The van der Waals surface area contributed by atoms with Crippen LogP contribution < -0.4 is 10.6 Å². The van der Waals surface area contributed by atoms with Gasteiger partial charge in [-0.25, -0.2) is 0 Å². The van der Waals surface area contributed by atoms with Crippen molar-refractivity contribution in [2.75, 3.05) is 20.1 Å². The zero-order valence-electron chi connectivity index (χ0n) is 13.7. The zero-order chi connectivity index (χ0) is 17.5. The van der Waals surface area contributed by atoms with Gasteiger partial charge in [-0.2, -0.15) is 0 Å². The maximum absolute atomic E-state index is 12.5. The Bertz CT molecular complexity index is 604. The molecule has 0 bridgehead atoms. The van der Waals surface area contributed by atoms with E-state index in [0.29, 0.717) is 31.0 Å². The molecule has 1 aliphatic rings. The van der Waals surface area contributed by atoms with Crippen molar-refractivity contribution in [2.45, 2.75) is 31.7 Å². The number of rotatable bonds is 6. The molecule has 1 atom stereocenters. The molecule has 130 valence electrons. The molecule has 7 heteroatoms. The van der Waals surface area contributed by atoms with Crippen LogP contribution in [0.3, 0.4) is 0 Å². The highest BCUT2D eigenvalue weighted by Crippen LogP contribution is 2.15. The van der Waals surface area contributed by atoms with Gasteiger partial charge in [0.25, 0.3) is 0 Å². The van der Waals surface area contributed by atoms with Crippen molar-refractivity contribution in [1.29, 1.82) is 0 Å². The molecule has 0 saturated carbocycles. The quantitative estimate of drug-likeness (QED) is 0.806. The van der Waals surface area contributed by atoms with E-state index in [4.69, 9.17) is 11.6 Å². The van der Waals surface area contributed by atoms with Crippen molar-refractivity contribution in [3.8, 4) is 0 Å². The predicted octanol–water partition coefficient (Wildman–Crippen LogP) is 1.13. The van der Waals surface area contributed by atoms with Gasteiger partial charge in [-0.1, -0.05) is 23.7 Å². The number of piperazine rings is 1. The zero-order valence-corrected chi connectivity index (χ0v) is 14.4. The molecule has 0 aromatic heterocycles. The van der Waals surface area contributed by atoms with Gasteiger partial charge in [-0.05, 0) is 30.5 Å². The molecule has 6 nitrogen and oxygen atoms in total. The van der Waals surface area contributed by atoms with Crippen LogP contribution in [0, 0.1) is 0 Å². The van der Waals surface area contributed by atoms with E-state index in [2.05, 4.69) is 10.6 Å². The number of halogens is 1. The number of nitrogens with one attached hydrogen (secondary N) is 2. The number of hydrogen-bond acceptors (Lipinski definition) is 3. The molecule has 2 N–H and O–H groups in total. The lowest BCUT2D eigenvalue weighted by Crippen LogP contribution is -2.58. The fraction of sp³-hybridized carbons (Fsp3) is 0.471. The Morgan fingerprint density at radius 3 is 2.71 bits per heavy atom. The van der Waals surface area contributed by atoms with Gasteiger partial charge in [-0.3, -0.25) is 14.4 Å². The second-order valence-electron chi connectivity index (χ2n) is 5.75. The fourth-order valence-electron chi connectivity index (χ4n) is 2.73. The molecule has 3 amide bonds. The highest BCUT2D eigenvalue weighted by atomic mass is 35.5. The molecule has 1 heterocycles. The van der Waals surface area contributed by atoms with Crippen molar-refractivity contribution in [3.63, 3.8) is 0 Å². The molecule has 1 saturated heterocycles. The predicted molar refractivity (Wildman–Crippen MR) is 91.6 cm³/mol. The van der Waals surface area contributed by atoms with Crippen molar-refractivity contribution in [1.82, 2.24) is 15.5 Å². The van der Waals surface area contributed by atoms with Crippen LogP contribution in [-0.4, -0.2) is 48.8 Å². The summed E-state index contributed by atoms with van der Waals surface area (Å²) in [7, 11) is 1.52. The summed E-state index contributed by atoms with van der Waals surface area (Å²) in [5.74, 6) is -0.611. The Morgan fingerprint density at radius 2 is 2.04 bits per heavy atom. The molecular formula is C17H22ClN3O3. The first-order valence-electron chi connectivity index (χ1n) is 8.03. The highest BCUT2D eigenvalue weighted by molar-refractivity contribution is 6.30. The number of amides is 3. The molecule has 1 aliphatic heterocycles. The molecule has 1 fully saturated rings. The average molecular weight is 352 g/mol. The van der Waals surface area contributed by atoms with Crippen LogP contribution in [0.2, 0.25) is 5.02 Å². The molecule has 1 aromatic carbocycles. The lowest BCUT2D eigenvalue weighted by atomic mass is 10.0. The third-order valence-corrected chi connectivity index (χ3v) is 4.33. The summed E-state index contributed by atoms with van der Waals surface area (Å²) >= 11 is 5.85. The van der Waals surface area contributed by atoms with Gasteiger partial charge in [0.1, 0.15) is 6.04 Å². The number of aryl methyl sites for hydroxylation is 1. The summed E-state index contributed by atoms with van der Waals surface area (Å²) in [6.45, 7) is 0.860. The summed E-state index contributed by atoms with van der Waals surface area (Å²) in [5.41, 5.74) is 1.12. The van der Waals surface area contributed by atoms with Gasteiger partial charge >= 0.3 is 0 Å². The smallest absolute Gasteiger partial charge is 0.243 e. The largest absolute Gasteiger partial charge is 0.359 e. The number of benzene rings is 1. The van der Waals surface area contributed by atoms with Crippen LogP contribution >= 0.6 is 11.6 Å². The topological polar surface area (TPSA) is 78.5 Å². The Balaban J connectivity index is 1.89. The van der Waals surface area contributed by atoms with Gasteiger partial charge in [0.2, 0.25) is 17.7 Å². The van der Waals surface area contributed by atoms with Gasteiger partial charge in [0.15, 0.2) is 0 Å². The van der Waals surface area contributed by atoms with Crippen LogP contribution in [0.5, 0.6) is 0 Å². The van der Waals surface area contributed by atoms with Crippen LogP contribution in [0.4, 0.5) is 0 Å². The number of carbonyl (C=O) groups is 3. The lowest BCUT2D eigenvalue weighted by molar-refractivity contribution is -0.145. The van der Waals surface area contributed by atoms with Crippen molar-refractivity contribution >= 4 is 29.3 Å². The standard InChI is InChI=1S/C17H22ClN3O3/c1-19-15(22)11-14-17(24)20-9-10-21(14)16(23)4-2-3-12-5-7-13(18)8-6-12/h5-8,14H,2-4,9-11H2,1H3,(H,19,22)(H,20,24)/t14-/m1/s1. The van der Waals surface area contributed by atoms with E-state index < -0.39 is 6.04 Å². The van der Waals surface area contributed by atoms with Crippen LogP contribution in [0.1, 0.15) is 24.8 Å². The molecule has 2 rings (SSSR count). The minimum atomic E-state index is -0.721. The third kappa shape index (κ3) is 4.96. The Morgan fingerprint density at radius 1 is 1.33 bits per heavy atom. The first kappa shape index (κ1) is 18.3. The first-order valence-corrected chi connectivity index (χ1v) is 8.41. The van der Waals surface area contributed by atoms with E-state index in [1.807, 2.05) is 24.3 Å². The van der Waals surface area contributed by atoms with Crippen LogP contribution in [0.25, 0.3) is 0 Å². The van der Waals surface area contributed by atoms with Crippen molar-refractivity contribution < 1.29 is 14.4 Å². The van der Waals surface area contributed by atoms with E-state index in [0.717, 1.165) is 12.0 Å². The normalized spacial score (nSPS) is 17.3. The molecule has 0 radical (unpaired) electrons. The summed E-state index contributed by atoms with van der Waals surface area (Å²) in [5, 5.41) is 5.89. The monoisotopic (exact) mass is 351 g/mol. The van der Waals surface area contributed by atoms with Crippen molar-refractivity contribution in [2.24, 2.45) is 0 Å². The molecule has 1 aromatic rings. The van der Waals surface area contributed by atoms with E-state index in [1.54, 1.807) is 0 Å². The second-order valence-corrected chi connectivity index (χ2v) is 6.19. The first-order chi connectivity index (χ1) is 11.5. The van der Waals surface area contributed by atoms with Gasteiger partial charge in [0, 0.05) is 31.6 Å². The van der Waals surface area contributed by atoms with E-state index in [1.165, 1.54) is 11.9 Å². The number of nitrogens with zero attached hydrogens (tertiary/aromatic N) is 1.